The number of phenolic OH excluding ortho intramolecular Hbond substituents is 1. The molecule has 1 saturated heterocycles. The van der Waals surface area contributed by atoms with Gasteiger partial charge in [0.2, 0.25) is 5.75 Å². The van der Waals surface area contributed by atoms with Gasteiger partial charge in [-0.25, -0.2) is 0 Å². The Kier molecular flexibility index (Phi) is 5.70. The minimum absolute atomic E-state index is 0.0472. The number of benzene rings is 1. The lowest BCUT2D eigenvalue weighted by molar-refractivity contribution is 0.0724. The van der Waals surface area contributed by atoms with Crippen LogP contribution in [0.15, 0.2) is 12.1 Å². The van der Waals surface area contributed by atoms with E-state index in [0.29, 0.717) is 17.6 Å². The molecular weight excluding hydrogens is 270 g/mol. The summed E-state index contributed by atoms with van der Waals surface area (Å²) in [6.07, 6.45) is 2.63. The van der Waals surface area contributed by atoms with E-state index in [1.54, 1.807) is 14.2 Å². The van der Waals surface area contributed by atoms with Crippen molar-refractivity contribution in [2.75, 3.05) is 33.9 Å². The highest BCUT2D eigenvalue weighted by Gasteiger charge is 2.19. The standard InChI is InChI=1S/C16H25NO4/c1-4-17(11-13-6-5-7-21-13)10-12-8-14(19-2)16(18)15(9-12)20-3/h8-9,13,18H,4-7,10-11H2,1-3H3. The Hall–Kier alpha value is -1.46. The van der Waals surface area contributed by atoms with Gasteiger partial charge in [-0.05, 0) is 37.1 Å². The van der Waals surface area contributed by atoms with Crippen LogP contribution in [0.3, 0.4) is 0 Å². The van der Waals surface area contributed by atoms with Crippen molar-refractivity contribution in [3.63, 3.8) is 0 Å². The first kappa shape index (κ1) is 15.9. The van der Waals surface area contributed by atoms with Crippen LogP contribution < -0.4 is 9.47 Å². The van der Waals surface area contributed by atoms with Gasteiger partial charge in [0.1, 0.15) is 0 Å². The van der Waals surface area contributed by atoms with Crippen molar-refractivity contribution in [3.05, 3.63) is 17.7 Å². The second-order valence-corrected chi connectivity index (χ2v) is 5.31. The normalized spacial score (nSPS) is 18.2. The van der Waals surface area contributed by atoms with Crippen molar-refractivity contribution < 1.29 is 19.3 Å². The minimum Gasteiger partial charge on any atom is -0.502 e. The molecule has 0 radical (unpaired) electrons. The van der Waals surface area contributed by atoms with Gasteiger partial charge in [-0.15, -0.1) is 0 Å². The second kappa shape index (κ2) is 7.52. The molecule has 0 aromatic heterocycles. The summed E-state index contributed by atoms with van der Waals surface area (Å²) in [5.41, 5.74) is 1.06. The fraction of sp³-hybridized carbons (Fsp3) is 0.625. The minimum atomic E-state index is 0.0472. The second-order valence-electron chi connectivity index (χ2n) is 5.31. The molecule has 1 heterocycles. The van der Waals surface area contributed by atoms with Crippen LogP contribution >= 0.6 is 0 Å². The monoisotopic (exact) mass is 295 g/mol. The lowest BCUT2D eigenvalue weighted by Crippen LogP contribution is -2.31. The molecule has 1 unspecified atom stereocenters. The summed E-state index contributed by atoms with van der Waals surface area (Å²) in [7, 11) is 3.09. The number of hydrogen-bond acceptors (Lipinski definition) is 5. The van der Waals surface area contributed by atoms with Crippen molar-refractivity contribution in [1.82, 2.24) is 4.90 Å². The molecule has 2 rings (SSSR count). The third-order valence-corrected chi connectivity index (χ3v) is 3.88. The Morgan fingerprint density at radius 3 is 2.43 bits per heavy atom. The largest absolute Gasteiger partial charge is 0.502 e. The van der Waals surface area contributed by atoms with Crippen LogP contribution in [0, 0.1) is 0 Å². The van der Waals surface area contributed by atoms with E-state index in [4.69, 9.17) is 14.2 Å². The van der Waals surface area contributed by atoms with Gasteiger partial charge in [0, 0.05) is 19.7 Å². The molecular formula is C16H25NO4. The van der Waals surface area contributed by atoms with Crippen LogP contribution in [-0.2, 0) is 11.3 Å². The quantitative estimate of drug-likeness (QED) is 0.837. The van der Waals surface area contributed by atoms with Gasteiger partial charge in [0.15, 0.2) is 11.5 Å². The number of hydrogen-bond donors (Lipinski definition) is 1. The lowest BCUT2D eigenvalue weighted by Gasteiger charge is -2.24. The zero-order valence-electron chi connectivity index (χ0n) is 13.1. The predicted octanol–water partition coefficient (Wildman–Crippen LogP) is 2.41. The maximum Gasteiger partial charge on any atom is 0.200 e. The van der Waals surface area contributed by atoms with Crippen molar-refractivity contribution in [2.45, 2.75) is 32.4 Å². The molecule has 1 aliphatic rings. The molecule has 1 fully saturated rings. The fourth-order valence-corrected chi connectivity index (χ4v) is 2.68. The van der Waals surface area contributed by atoms with Gasteiger partial charge in [0.05, 0.1) is 20.3 Å². The van der Waals surface area contributed by atoms with Crippen molar-refractivity contribution >= 4 is 0 Å². The van der Waals surface area contributed by atoms with Crippen LogP contribution in [0.1, 0.15) is 25.3 Å². The Labute approximate surface area is 126 Å². The molecule has 0 aliphatic carbocycles. The van der Waals surface area contributed by atoms with Gasteiger partial charge >= 0.3 is 0 Å². The molecule has 0 saturated carbocycles. The maximum absolute atomic E-state index is 9.95. The molecule has 5 heteroatoms. The molecule has 21 heavy (non-hydrogen) atoms. The molecule has 1 N–H and O–H groups in total. The molecule has 118 valence electrons. The number of nitrogens with zero attached hydrogens (tertiary/aromatic N) is 1. The Morgan fingerprint density at radius 1 is 1.29 bits per heavy atom. The maximum atomic E-state index is 9.95. The van der Waals surface area contributed by atoms with E-state index < -0.39 is 0 Å². The molecule has 1 aromatic rings. The summed E-state index contributed by atoms with van der Waals surface area (Å²) in [5.74, 6) is 0.931. The number of aromatic hydroxyl groups is 1. The topological polar surface area (TPSA) is 51.2 Å². The summed E-state index contributed by atoms with van der Waals surface area (Å²) >= 11 is 0. The van der Waals surface area contributed by atoms with E-state index in [1.807, 2.05) is 12.1 Å². The van der Waals surface area contributed by atoms with Gasteiger partial charge in [0.25, 0.3) is 0 Å². The predicted molar refractivity (Wildman–Crippen MR) is 81.1 cm³/mol. The zero-order valence-corrected chi connectivity index (χ0v) is 13.1. The molecule has 0 amide bonds. The highest BCUT2D eigenvalue weighted by molar-refractivity contribution is 5.52. The van der Waals surface area contributed by atoms with Crippen LogP contribution in [-0.4, -0.2) is 50.0 Å². The number of ether oxygens (including phenoxy) is 3. The third-order valence-electron chi connectivity index (χ3n) is 3.88. The average Bonchev–Trinajstić information content (AvgIpc) is 3.00. The fourth-order valence-electron chi connectivity index (χ4n) is 2.68. The Bertz CT molecular complexity index is 433. The van der Waals surface area contributed by atoms with Crippen molar-refractivity contribution in [1.29, 1.82) is 0 Å². The van der Waals surface area contributed by atoms with Crippen LogP contribution in [0.25, 0.3) is 0 Å². The summed E-state index contributed by atoms with van der Waals surface area (Å²) in [5, 5.41) is 9.95. The van der Waals surface area contributed by atoms with Gasteiger partial charge in [-0.2, -0.15) is 0 Å². The van der Waals surface area contributed by atoms with Crippen LogP contribution in [0.2, 0.25) is 0 Å². The van der Waals surface area contributed by atoms with E-state index in [-0.39, 0.29) is 5.75 Å². The summed E-state index contributed by atoms with van der Waals surface area (Å²) in [6, 6.07) is 3.71. The molecule has 1 aromatic carbocycles. The number of rotatable bonds is 7. The SMILES string of the molecule is CCN(Cc1cc(OC)c(O)c(OC)c1)CC1CCCO1. The summed E-state index contributed by atoms with van der Waals surface area (Å²) < 4.78 is 16.1. The lowest BCUT2D eigenvalue weighted by atomic mass is 10.1. The molecule has 1 atom stereocenters. The Morgan fingerprint density at radius 2 is 1.95 bits per heavy atom. The van der Waals surface area contributed by atoms with E-state index in [1.165, 1.54) is 0 Å². The molecule has 5 nitrogen and oxygen atoms in total. The summed E-state index contributed by atoms with van der Waals surface area (Å²) in [4.78, 5) is 2.33. The number of phenols is 1. The zero-order chi connectivity index (χ0) is 15.2. The first-order chi connectivity index (χ1) is 10.2. The first-order valence-corrected chi connectivity index (χ1v) is 7.45. The highest BCUT2D eigenvalue weighted by atomic mass is 16.5. The van der Waals surface area contributed by atoms with E-state index in [2.05, 4.69) is 11.8 Å². The van der Waals surface area contributed by atoms with E-state index >= 15 is 0 Å². The molecule has 1 aliphatic heterocycles. The van der Waals surface area contributed by atoms with Gasteiger partial charge in [-0.3, -0.25) is 4.90 Å². The van der Waals surface area contributed by atoms with E-state index in [9.17, 15) is 5.11 Å². The number of methoxy groups -OCH3 is 2. The molecule has 0 spiro atoms. The van der Waals surface area contributed by atoms with Gasteiger partial charge in [-0.1, -0.05) is 6.92 Å². The van der Waals surface area contributed by atoms with E-state index in [0.717, 1.165) is 44.6 Å². The van der Waals surface area contributed by atoms with Crippen LogP contribution in [0.4, 0.5) is 0 Å². The Balaban J connectivity index is 2.08. The highest BCUT2D eigenvalue weighted by Crippen LogP contribution is 2.37. The first-order valence-electron chi connectivity index (χ1n) is 7.45. The summed E-state index contributed by atoms with van der Waals surface area (Å²) in [6.45, 7) is 5.68. The third kappa shape index (κ3) is 4.02. The smallest absolute Gasteiger partial charge is 0.200 e. The van der Waals surface area contributed by atoms with Crippen molar-refractivity contribution in [3.8, 4) is 17.2 Å². The molecule has 0 bridgehead atoms. The van der Waals surface area contributed by atoms with Crippen LogP contribution in [0.5, 0.6) is 17.2 Å². The van der Waals surface area contributed by atoms with Crippen molar-refractivity contribution in [2.24, 2.45) is 0 Å². The number of likely N-dealkylation sites (N-methyl/N-ethyl adjacent to an activating group) is 1. The van der Waals surface area contributed by atoms with Gasteiger partial charge < -0.3 is 19.3 Å². The average molecular weight is 295 g/mol.